The van der Waals surface area contributed by atoms with E-state index in [1.165, 1.54) is 11.3 Å². The molecule has 1 aromatic heterocycles. The van der Waals surface area contributed by atoms with Gasteiger partial charge in [0.15, 0.2) is 0 Å². The van der Waals surface area contributed by atoms with Crippen molar-refractivity contribution in [1.29, 1.82) is 0 Å². The molecule has 1 aliphatic heterocycles. The SMILES string of the molecule is CCS(=O)(=O)N1CCN(Cc2cnn(C)c2C)CC1. The van der Waals surface area contributed by atoms with Gasteiger partial charge in [-0.15, -0.1) is 0 Å². The molecule has 108 valence electrons. The Morgan fingerprint density at radius 3 is 2.37 bits per heavy atom. The molecule has 6 nitrogen and oxygen atoms in total. The fraction of sp³-hybridized carbons (Fsp3) is 0.750. The average Bonchev–Trinajstić information content (AvgIpc) is 2.71. The lowest BCUT2D eigenvalue weighted by atomic mass is 10.2. The minimum Gasteiger partial charge on any atom is -0.296 e. The van der Waals surface area contributed by atoms with E-state index in [4.69, 9.17) is 0 Å². The number of piperazine rings is 1. The number of rotatable bonds is 4. The maximum atomic E-state index is 11.8. The van der Waals surface area contributed by atoms with E-state index >= 15 is 0 Å². The van der Waals surface area contributed by atoms with Gasteiger partial charge in [0.05, 0.1) is 11.9 Å². The van der Waals surface area contributed by atoms with Gasteiger partial charge in [-0.05, 0) is 13.8 Å². The lowest BCUT2D eigenvalue weighted by Crippen LogP contribution is -2.48. The Balaban J connectivity index is 1.92. The third-order valence-electron chi connectivity index (χ3n) is 3.82. The highest BCUT2D eigenvalue weighted by molar-refractivity contribution is 7.89. The van der Waals surface area contributed by atoms with Gasteiger partial charge >= 0.3 is 0 Å². The third-order valence-corrected chi connectivity index (χ3v) is 5.70. The van der Waals surface area contributed by atoms with Gasteiger partial charge in [0.2, 0.25) is 10.0 Å². The highest BCUT2D eigenvalue weighted by Crippen LogP contribution is 2.13. The Bertz CT molecular complexity index is 530. The van der Waals surface area contributed by atoms with E-state index in [1.807, 2.05) is 17.9 Å². The molecule has 0 bridgehead atoms. The second-order valence-corrected chi connectivity index (χ2v) is 7.21. The maximum absolute atomic E-state index is 11.8. The monoisotopic (exact) mass is 286 g/mol. The van der Waals surface area contributed by atoms with Gasteiger partial charge in [0, 0.05) is 51.0 Å². The standard InChI is InChI=1S/C12H22N4O2S/c1-4-19(17,18)16-7-5-15(6-8-16)10-12-9-13-14(3)11(12)2/h9H,4-8,10H2,1-3H3. The zero-order valence-corrected chi connectivity index (χ0v) is 12.7. The molecule has 2 heterocycles. The molecule has 0 aromatic carbocycles. The van der Waals surface area contributed by atoms with Crippen molar-refractivity contribution in [2.24, 2.45) is 7.05 Å². The molecule has 0 saturated carbocycles. The van der Waals surface area contributed by atoms with Crippen LogP contribution in [0.25, 0.3) is 0 Å². The normalized spacial score (nSPS) is 18.9. The van der Waals surface area contributed by atoms with Crippen LogP contribution in [-0.4, -0.2) is 59.3 Å². The van der Waals surface area contributed by atoms with E-state index in [-0.39, 0.29) is 5.75 Å². The smallest absolute Gasteiger partial charge is 0.213 e. The van der Waals surface area contributed by atoms with Crippen LogP contribution in [0.4, 0.5) is 0 Å². The van der Waals surface area contributed by atoms with Crippen LogP contribution in [0.2, 0.25) is 0 Å². The topological polar surface area (TPSA) is 58.4 Å². The van der Waals surface area contributed by atoms with Crippen molar-refractivity contribution in [2.45, 2.75) is 20.4 Å². The summed E-state index contributed by atoms with van der Waals surface area (Å²) < 4.78 is 27.0. The molecule has 2 rings (SSSR count). The summed E-state index contributed by atoms with van der Waals surface area (Å²) in [5.41, 5.74) is 2.39. The Morgan fingerprint density at radius 2 is 1.89 bits per heavy atom. The fourth-order valence-corrected chi connectivity index (χ4v) is 3.37. The fourth-order valence-electron chi connectivity index (χ4n) is 2.29. The molecule has 1 aliphatic rings. The predicted molar refractivity (Wildman–Crippen MR) is 74.3 cm³/mol. The van der Waals surface area contributed by atoms with Gasteiger partial charge < -0.3 is 0 Å². The van der Waals surface area contributed by atoms with E-state index < -0.39 is 10.0 Å². The van der Waals surface area contributed by atoms with Crippen molar-refractivity contribution in [3.8, 4) is 0 Å². The summed E-state index contributed by atoms with van der Waals surface area (Å²) in [7, 11) is -1.10. The molecule has 0 spiro atoms. The number of aromatic nitrogens is 2. The first kappa shape index (κ1) is 14.5. The van der Waals surface area contributed by atoms with Crippen molar-refractivity contribution < 1.29 is 8.42 Å². The van der Waals surface area contributed by atoms with Crippen LogP contribution in [0, 0.1) is 6.92 Å². The Hall–Kier alpha value is -0.920. The second kappa shape index (κ2) is 5.60. The number of hydrogen-bond acceptors (Lipinski definition) is 4. The summed E-state index contributed by atoms with van der Waals surface area (Å²) >= 11 is 0. The molecule has 0 unspecified atom stereocenters. The molecular weight excluding hydrogens is 264 g/mol. The first-order valence-corrected chi connectivity index (χ1v) is 8.22. The van der Waals surface area contributed by atoms with Gasteiger partial charge in [-0.1, -0.05) is 0 Å². The van der Waals surface area contributed by atoms with Crippen molar-refractivity contribution in [2.75, 3.05) is 31.9 Å². The molecule has 1 saturated heterocycles. The van der Waals surface area contributed by atoms with Crippen LogP contribution in [-0.2, 0) is 23.6 Å². The van der Waals surface area contributed by atoms with Gasteiger partial charge in [-0.2, -0.15) is 9.40 Å². The van der Waals surface area contributed by atoms with E-state index in [2.05, 4.69) is 16.9 Å². The van der Waals surface area contributed by atoms with Gasteiger partial charge in [-0.25, -0.2) is 8.42 Å². The Labute approximate surface area is 115 Å². The van der Waals surface area contributed by atoms with Crippen LogP contribution in [0.5, 0.6) is 0 Å². The molecular formula is C12H22N4O2S. The lowest BCUT2D eigenvalue weighted by molar-refractivity contribution is 0.181. The number of hydrogen-bond donors (Lipinski definition) is 0. The number of nitrogens with zero attached hydrogens (tertiary/aromatic N) is 4. The van der Waals surface area contributed by atoms with Gasteiger partial charge in [-0.3, -0.25) is 9.58 Å². The van der Waals surface area contributed by atoms with E-state index in [0.29, 0.717) is 13.1 Å². The highest BCUT2D eigenvalue weighted by atomic mass is 32.2. The van der Waals surface area contributed by atoms with Crippen molar-refractivity contribution in [1.82, 2.24) is 19.0 Å². The molecule has 0 radical (unpaired) electrons. The van der Waals surface area contributed by atoms with Crippen molar-refractivity contribution >= 4 is 10.0 Å². The number of sulfonamides is 1. The van der Waals surface area contributed by atoms with Crippen LogP contribution in [0.3, 0.4) is 0 Å². The van der Waals surface area contributed by atoms with Gasteiger partial charge in [0.25, 0.3) is 0 Å². The summed E-state index contributed by atoms with van der Waals surface area (Å²) in [5.74, 6) is 0.189. The number of aryl methyl sites for hydroxylation is 1. The first-order valence-electron chi connectivity index (χ1n) is 6.61. The Kier molecular flexibility index (Phi) is 4.27. The van der Waals surface area contributed by atoms with Crippen LogP contribution >= 0.6 is 0 Å². The zero-order valence-electron chi connectivity index (χ0n) is 11.8. The third kappa shape index (κ3) is 3.16. The van der Waals surface area contributed by atoms with Crippen LogP contribution < -0.4 is 0 Å². The largest absolute Gasteiger partial charge is 0.296 e. The quantitative estimate of drug-likeness (QED) is 0.793. The van der Waals surface area contributed by atoms with E-state index in [9.17, 15) is 8.42 Å². The van der Waals surface area contributed by atoms with E-state index in [0.717, 1.165) is 19.6 Å². The zero-order chi connectivity index (χ0) is 14.0. The molecule has 0 amide bonds. The molecule has 0 aliphatic carbocycles. The molecule has 1 fully saturated rings. The van der Waals surface area contributed by atoms with Crippen molar-refractivity contribution in [3.63, 3.8) is 0 Å². The van der Waals surface area contributed by atoms with Crippen molar-refractivity contribution in [3.05, 3.63) is 17.5 Å². The average molecular weight is 286 g/mol. The predicted octanol–water partition coefficient (Wildman–Crippen LogP) is 0.196. The van der Waals surface area contributed by atoms with Crippen LogP contribution in [0.1, 0.15) is 18.2 Å². The Morgan fingerprint density at radius 1 is 1.26 bits per heavy atom. The molecule has 0 N–H and O–H groups in total. The molecule has 0 atom stereocenters. The highest BCUT2D eigenvalue weighted by Gasteiger charge is 2.25. The summed E-state index contributed by atoms with van der Waals surface area (Å²) in [6, 6.07) is 0. The van der Waals surface area contributed by atoms with E-state index in [1.54, 1.807) is 11.2 Å². The molecule has 19 heavy (non-hydrogen) atoms. The van der Waals surface area contributed by atoms with Crippen LogP contribution in [0.15, 0.2) is 6.20 Å². The maximum Gasteiger partial charge on any atom is 0.213 e. The lowest BCUT2D eigenvalue weighted by Gasteiger charge is -2.33. The summed E-state index contributed by atoms with van der Waals surface area (Å²) in [6.45, 7) is 7.35. The van der Waals surface area contributed by atoms with Gasteiger partial charge in [0.1, 0.15) is 0 Å². The minimum absolute atomic E-state index is 0.189. The summed E-state index contributed by atoms with van der Waals surface area (Å²) in [4.78, 5) is 2.28. The molecule has 1 aromatic rings. The summed E-state index contributed by atoms with van der Waals surface area (Å²) in [6.07, 6.45) is 1.89. The second-order valence-electron chi connectivity index (χ2n) is 4.95. The first-order chi connectivity index (χ1) is 8.94. The summed E-state index contributed by atoms with van der Waals surface area (Å²) in [5, 5.41) is 4.23. The molecule has 7 heteroatoms. The minimum atomic E-state index is -3.03.